The van der Waals surface area contributed by atoms with E-state index in [1.807, 2.05) is 52.0 Å². The van der Waals surface area contributed by atoms with E-state index in [0.29, 0.717) is 12.8 Å². The fourth-order valence-corrected chi connectivity index (χ4v) is 5.33. The minimum absolute atomic E-state index is 0.00397. The fraction of sp³-hybridized carbons (Fsp3) is 0.536. The van der Waals surface area contributed by atoms with Crippen molar-refractivity contribution in [3.8, 4) is 0 Å². The van der Waals surface area contributed by atoms with Crippen LogP contribution in [0, 0.1) is 11.8 Å². The molecule has 0 radical (unpaired) electrons. The molecule has 38 heavy (non-hydrogen) atoms. The summed E-state index contributed by atoms with van der Waals surface area (Å²) >= 11 is 0. The van der Waals surface area contributed by atoms with Crippen molar-refractivity contribution in [1.29, 1.82) is 0 Å². The van der Waals surface area contributed by atoms with Crippen LogP contribution >= 0.6 is 0 Å². The summed E-state index contributed by atoms with van der Waals surface area (Å²) in [7, 11) is -4.03. The average Bonchev–Trinajstić information content (AvgIpc) is 2.85. The second kappa shape index (κ2) is 14.2. The number of amides is 2. The molecule has 0 fully saturated rings. The monoisotopic (exact) mass is 547 g/mol. The zero-order valence-corrected chi connectivity index (χ0v) is 23.9. The molecule has 2 rings (SSSR count). The van der Waals surface area contributed by atoms with Gasteiger partial charge in [-0.3, -0.25) is 9.59 Å². The number of sulfonamides is 1. The lowest BCUT2D eigenvalue weighted by atomic mass is 10.00. The summed E-state index contributed by atoms with van der Waals surface area (Å²) in [5.74, 6) is -1.62. The van der Waals surface area contributed by atoms with Gasteiger partial charge in [-0.05, 0) is 60.9 Å². The predicted octanol–water partition coefficient (Wildman–Crippen LogP) is 3.52. The van der Waals surface area contributed by atoms with Crippen molar-refractivity contribution in [1.82, 2.24) is 15.4 Å². The molecule has 3 N–H and O–H groups in total. The molecule has 3 atom stereocenters. The molecule has 9 nitrogen and oxygen atoms in total. The summed E-state index contributed by atoms with van der Waals surface area (Å²) in [4.78, 5) is 38.7. The molecule has 2 aromatic carbocycles. The Morgan fingerprint density at radius 2 is 1.34 bits per heavy atom. The summed E-state index contributed by atoms with van der Waals surface area (Å²) in [5, 5.41) is 7.06. The zero-order chi connectivity index (χ0) is 28.5. The van der Waals surface area contributed by atoms with E-state index in [9.17, 15) is 22.8 Å². The Hall–Kier alpha value is -2.98. The summed E-state index contributed by atoms with van der Waals surface area (Å²) in [6, 6.07) is 9.31. The minimum Gasteiger partial charge on any atom is -0.464 e. The fourth-order valence-electron chi connectivity index (χ4n) is 4.09. The van der Waals surface area contributed by atoms with Crippen LogP contribution in [0.1, 0.15) is 60.8 Å². The lowest BCUT2D eigenvalue weighted by Gasteiger charge is -2.26. The van der Waals surface area contributed by atoms with Crippen LogP contribution < -0.4 is 15.4 Å². The van der Waals surface area contributed by atoms with E-state index in [1.165, 1.54) is 6.07 Å². The standard InChI is InChI=1S/C28H41N3O6S/c1-7-23(28(34)37-8-2)29-26(32)24(15-18(3)4)30-27(33)25(16-19(5)6)31-38(35,36)22-14-13-20-11-9-10-12-21(20)17-22/h9-14,17-19,23-25,31H,7-8,15-16H2,1-6H3,(H,29,32)(H,30,33)/t23-,24-,25-/m0/s1. The molecule has 0 aromatic heterocycles. The molecule has 0 unspecified atom stereocenters. The van der Waals surface area contributed by atoms with Gasteiger partial charge >= 0.3 is 5.97 Å². The first-order valence-electron chi connectivity index (χ1n) is 13.2. The van der Waals surface area contributed by atoms with Gasteiger partial charge in [0, 0.05) is 0 Å². The molecule has 210 valence electrons. The molecule has 2 aromatic rings. The number of hydrogen-bond donors (Lipinski definition) is 3. The highest BCUT2D eigenvalue weighted by Crippen LogP contribution is 2.20. The Labute approximate surface area is 226 Å². The second-order valence-electron chi connectivity index (χ2n) is 10.2. The van der Waals surface area contributed by atoms with E-state index in [1.54, 1.807) is 26.0 Å². The van der Waals surface area contributed by atoms with E-state index >= 15 is 0 Å². The van der Waals surface area contributed by atoms with Crippen LogP contribution in [0.15, 0.2) is 47.4 Å². The Morgan fingerprint density at radius 1 is 0.789 bits per heavy atom. The number of esters is 1. The lowest BCUT2D eigenvalue weighted by Crippen LogP contribution is -2.56. The highest BCUT2D eigenvalue weighted by Gasteiger charge is 2.32. The van der Waals surface area contributed by atoms with Crippen LogP contribution in [-0.2, 0) is 29.1 Å². The van der Waals surface area contributed by atoms with Crippen LogP contribution in [0.2, 0.25) is 0 Å². The summed E-state index contributed by atoms with van der Waals surface area (Å²) in [6.07, 6.45) is 0.867. The Bertz CT molecular complexity index is 1210. The number of hydrogen-bond acceptors (Lipinski definition) is 6. The first kappa shape index (κ1) is 31.2. The molecule has 0 aliphatic carbocycles. The van der Waals surface area contributed by atoms with Gasteiger partial charge in [-0.1, -0.05) is 65.0 Å². The molecule has 0 aliphatic rings. The van der Waals surface area contributed by atoms with Crippen molar-refractivity contribution in [2.75, 3.05) is 6.61 Å². The number of rotatable bonds is 14. The first-order chi connectivity index (χ1) is 17.9. The molecular formula is C28H41N3O6S. The molecule has 0 spiro atoms. The van der Waals surface area contributed by atoms with Crippen LogP contribution in [0.3, 0.4) is 0 Å². The van der Waals surface area contributed by atoms with E-state index in [2.05, 4.69) is 15.4 Å². The maximum atomic E-state index is 13.4. The van der Waals surface area contributed by atoms with Crippen molar-refractivity contribution >= 4 is 38.6 Å². The molecule has 0 aliphatic heterocycles. The Balaban J connectivity index is 2.26. The van der Waals surface area contributed by atoms with Crippen molar-refractivity contribution in [3.63, 3.8) is 0 Å². The molecule has 0 saturated carbocycles. The molecule has 0 saturated heterocycles. The third-order valence-corrected chi connectivity index (χ3v) is 7.46. The third-order valence-electron chi connectivity index (χ3n) is 5.99. The van der Waals surface area contributed by atoms with Crippen molar-refractivity contribution in [3.05, 3.63) is 42.5 Å². The van der Waals surface area contributed by atoms with E-state index in [-0.39, 0.29) is 29.8 Å². The van der Waals surface area contributed by atoms with Gasteiger partial charge in [-0.15, -0.1) is 0 Å². The minimum atomic E-state index is -4.03. The van der Waals surface area contributed by atoms with Gasteiger partial charge in [0.1, 0.15) is 18.1 Å². The van der Waals surface area contributed by atoms with Crippen LogP contribution in [0.25, 0.3) is 10.8 Å². The maximum Gasteiger partial charge on any atom is 0.328 e. The molecular weight excluding hydrogens is 506 g/mol. The van der Waals surface area contributed by atoms with E-state index < -0.39 is 45.9 Å². The molecule has 0 heterocycles. The predicted molar refractivity (Wildman–Crippen MR) is 148 cm³/mol. The maximum absolute atomic E-state index is 13.4. The normalized spacial score (nSPS) is 14.2. The Kier molecular flexibility index (Phi) is 11.7. The number of ether oxygens (including phenoxy) is 1. The summed E-state index contributed by atoms with van der Waals surface area (Å²) < 4.78 is 34.1. The average molecular weight is 548 g/mol. The third kappa shape index (κ3) is 9.09. The topological polar surface area (TPSA) is 131 Å². The van der Waals surface area contributed by atoms with E-state index in [4.69, 9.17) is 4.74 Å². The highest BCUT2D eigenvalue weighted by atomic mass is 32.2. The lowest BCUT2D eigenvalue weighted by molar-refractivity contribution is -0.147. The highest BCUT2D eigenvalue weighted by molar-refractivity contribution is 7.89. The van der Waals surface area contributed by atoms with E-state index in [0.717, 1.165) is 10.8 Å². The summed E-state index contributed by atoms with van der Waals surface area (Å²) in [5.41, 5.74) is 0. The zero-order valence-electron chi connectivity index (χ0n) is 23.1. The molecule has 10 heteroatoms. The second-order valence-corrected chi connectivity index (χ2v) is 11.9. The van der Waals surface area contributed by atoms with Gasteiger partial charge in [-0.2, -0.15) is 4.72 Å². The SMILES string of the molecule is CCOC(=O)[C@H](CC)NC(=O)[C@H](CC(C)C)NC(=O)[C@H](CC(C)C)NS(=O)(=O)c1ccc2ccccc2c1. The van der Waals surface area contributed by atoms with Crippen molar-refractivity contribution in [2.24, 2.45) is 11.8 Å². The smallest absolute Gasteiger partial charge is 0.328 e. The number of fused-ring (bicyclic) bond motifs is 1. The number of carbonyl (C=O) groups is 3. The van der Waals surface area contributed by atoms with Crippen molar-refractivity contribution < 1.29 is 27.5 Å². The Morgan fingerprint density at radius 3 is 1.92 bits per heavy atom. The molecule has 0 bridgehead atoms. The van der Waals surface area contributed by atoms with Crippen molar-refractivity contribution in [2.45, 2.75) is 83.8 Å². The molecule has 2 amide bonds. The van der Waals surface area contributed by atoms with Gasteiger partial charge < -0.3 is 15.4 Å². The number of benzene rings is 2. The quantitative estimate of drug-likeness (QED) is 0.310. The number of nitrogens with one attached hydrogen (secondary N) is 3. The van der Waals surface area contributed by atoms with Gasteiger partial charge in [0.15, 0.2) is 0 Å². The van der Waals surface area contributed by atoms with Gasteiger partial charge in [0.25, 0.3) is 0 Å². The van der Waals surface area contributed by atoms with Gasteiger partial charge in [-0.25, -0.2) is 13.2 Å². The van der Waals surface area contributed by atoms with Gasteiger partial charge in [0.2, 0.25) is 21.8 Å². The first-order valence-corrected chi connectivity index (χ1v) is 14.6. The van der Waals surface area contributed by atoms with Crippen LogP contribution in [0.5, 0.6) is 0 Å². The van der Waals surface area contributed by atoms with Crippen LogP contribution in [0.4, 0.5) is 0 Å². The largest absolute Gasteiger partial charge is 0.464 e. The number of carbonyl (C=O) groups excluding carboxylic acids is 3. The van der Waals surface area contributed by atoms with Crippen LogP contribution in [-0.4, -0.2) is 50.9 Å². The summed E-state index contributed by atoms with van der Waals surface area (Å²) in [6.45, 7) is 11.2. The van der Waals surface area contributed by atoms with Gasteiger partial charge in [0.05, 0.1) is 11.5 Å².